The first-order valence-corrected chi connectivity index (χ1v) is 10.4. The minimum absolute atomic E-state index is 0. The average molecular weight is 478 g/mol. The van der Waals surface area contributed by atoms with Gasteiger partial charge < -0.3 is 24.0 Å². The maximum atomic E-state index is 2.57. The van der Waals surface area contributed by atoms with Crippen LogP contribution in [-0.4, -0.2) is 14.5 Å². The van der Waals surface area contributed by atoms with Gasteiger partial charge in [0.2, 0.25) is 0 Å². The zero-order valence-corrected chi connectivity index (χ0v) is 18.0. The number of nitrogens with zero attached hydrogens (tertiary/aromatic N) is 1. The Hall–Kier alpha value is 0.139. The number of unbranched alkanes of at least 4 members (excludes halogenated alkanes) is 8. The summed E-state index contributed by atoms with van der Waals surface area (Å²) < 4.78 is 5.72. The molecule has 3 heteroatoms. The van der Waals surface area contributed by atoms with E-state index in [4.69, 9.17) is 0 Å². The molecule has 0 spiro atoms. The smallest absolute Gasteiger partial charge is 1.00 e. The number of aryl methyl sites for hydroxylation is 2. The van der Waals surface area contributed by atoms with Gasteiger partial charge in [0.1, 0.15) is 0 Å². The van der Waals surface area contributed by atoms with Crippen molar-refractivity contribution in [2.45, 2.75) is 78.2 Å². The maximum absolute atomic E-state index is 2.57. The second-order valence-electron chi connectivity index (χ2n) is 6.07. The number of aromatic nitrogens is 1. The SMILES string of the molecule is CCCCCCCCCCC[n+]1c(C)[se]c2ccccc21.[I-]. The molecule has 0 unspecified atom stereocenters. The molecule has 1 heterocycles. The minimum Gasteiger partial charge on any atom is -1.00 e. The minimum atomic E-state index is 0. The van der Waals surface area contributed by atoms with Crippen molar-refractivity contribution in [2.75, 3.05) is 0 Å². The van der Waals surface area contributed by atoms with Crippen LogP contribution < -0.4 is 28.5 Å². The average Bonchev–Trinajstić information content (AvgIpc) is 2.81. The van der Waals surface area contributed by atoms with Gasteiger partial charge in [0.25, 0.3) is 0 Å². The molecule has 2 rings (SSSR count). The molecule has 0 radical (unpaired) electrons. The number of hydrogen-bond donors (Lipinski definition) is 0. The van der Waals surface area contributed by atoms with Crippen molar-refractivity contribution < 1.29 is 28.5 Å². The third kappa shape index (κ3) is 6.33. The Bertz CT molecular complexity index is 535. The van der Waals surface area contributed by atoms with E-state index in [0.717, 1.165) is 0 Å². The third-order valence-electron chi connectivity index (χ3n) is 4.28. The van der Waals surface area contributed by atoms with Gasteiger partial charge in [-0.05, 0) is 0 Å². The molecule has 0 saturated carbocycles. The second-order valence-corrected chi connectivity index (χ2v) is 8.66. The van der Waals surface area contributed by atoms with Gasteiger partial charge in [-0.25, -0.2) is 0 Å². The Kier molecular flexibility index (Phi) is 10.7. The number of para-hydroxylation sites is 1. The molecule has 124 valence electrons. The van der Waals surface area contributed by atoms with Crippen LogP contribution in [0.2, 0.25) is 0 Å². The predicted octanol–water partition coefficient (Wildman–Crippen LogP) is 2.03. The molecule has 2 aromatic rings. The summed E-state index contributed by atoms with van der Waals surface area (Å²) in [5.74, 6) is 0. The number of fused-ring (bicyclic) bond motifs is 1. The van der Waals surface area contributed by atoms with Crippen LogP contribution in [0.1, 0.15) is 69.3 Å². The fourth-order valence-electron chi connectivity index (χ4n) is 3.01. The molecule has 1 aromatic heterocycles. The molecular weight excluding hydrogens is 448 g/mol. The van der Waals surface area contributed by atoms with Crippen molar-refractivity contribution >= 4 is 24.3 Å². The molecular formula is C19H30INSe. The molecule has 0 saturated heterocycles. The molecule has 1 nitrogen and oxygen atoms in total. The molecule has 1 aromatic carbocycles. The van der Waals surface area contributed by atoms with E-state index in [-0.39, 0.29) is 24.0 Å². The summed E-state index contributed by atoms with van der Waals surface area (Å²) in [5.41, 5.74) is 1.48. The van der Waals surface area contributed by atoms with Gasteiger partial charge in [-0.3, -0.25) is 0 Å². The molecule has 0 amide bonds. The first-order chi connectivity index (χ1) is 10.3. The number of rotatable bonds is 10. The Morgan fingerprint density at radius 3 is 2.14 bits per heavy atom. The van der Waals surface area contributed by atoms with Crippen LogP contribution in [0.4, 0.5) is 0 Å². The number of halogens is 1. The normalized spacial score (nSPS) is 10.8. The van der Waals surface area contributed by atoms with Crippen LogP contribution >= 0.6 is 0 Å². The van der Waals surface area contributed by atoms with Gasteiger partial charge >= 0.3 is 129 Å². The van der Waals surface area contributed by atoms with Crippen molar-refractivity contribution in [3.63, 3.8) is 0 Å². The number of hydrogen-bond acceptors (Lipinski definition) is 0. The Morgan fingerprint density at radius 1 is 0.864 bits per heavy atom. The standard InChI is InChI=1S/C19H30NSe.HI/c1-3-4-5-6-7-8-9-10-13-16-20-17(2)21-19-15-12-11-14-18(19)20;/h11-12,14-15H,3-10,13,16H2,1-2H3;1H/q+1;/p-1. The van der Waals surface area contributed by atoms with Crippen LogP contribution in [0.15, 0.2) is 24.3 Å². The summed E-state index contributed by atoms with van der Waals surface area (Å²) in [6.45, 7) is 5.82. The summed E-state index contributed by atoms with van der Waals surface area (Å²) in [6.07, 6.45) is 12.7. The molecule has 0 atom stereocenters. The van der Waals surface area contributed by atoms with Gasteiger partial charge in [0.05, 0.1) is 0 Å². The van der Waals surface area contributed by atoms with Gasteiger partial charge in [-0.1, -0.05) is 6.92 Å². The maximum Gasteiger partial charge on any atom is -1.00 e. The third-order valence-corrected chi connectivity index (χ3v) is 6.55. The van der Waals surface area contributed by atoms with E-state index in [2.05, 4.69) is 42.7 Å². The Labute approximate surface area is 159 Å². The molecule has 0 aliphatic heterocycles. The fourth-order valence-corrected chi connectivity index (χ4v) is 5.21. The topological polar surface area (TPSA) is 3.88 Å². The van der Waals surface area contributed by atoms with Gasteiger partial charge in [0.15, 0.2) is 0 Å². The molecule has 0 fully saturated rings. The molecule has 0 bridgehead atoms. The molecule has 22 heavy (non-hydrogen) atoms. The van der Waals surface area contributed by atoms with Crippen molar-refractivity contribution in [3.05, 3.63) is 28.8 Å². The summed E-state index contributed by atoms with van der Waals surface area (Å²) in [4.78, 5) is 0. The van der Waals surface area contributed by atoms with Crippen LogP contribution in [0.5, 0.6) is 0 Å². The predicted molar refractivity (Wildman–Crippen MR) is 93.0 cm³/mol. The summed E-state index contributed by atoms with van der Waals surface area (Å²) in [6, 6.07) is 8.95. The van der Waals surface area contributed by atoms with Crippen LogP contribution in [0.3, 0.4) is 0 Å². The van der Waals surface area contributed by atoms with Gasteiger partial charge in [-0.2, -0.15) is 0 Å². The van der Waals surface area contributed by atoms with Gasteiger partial charge in [0, 0.05) is 0 Å². The van der Waals surface area contributed by atoms with E-state index < -0.39 is 0 Å². The molecule has 0 aliphatic rings. The van der Waals surface area contributed by atoms with E-state index in [1.54, 1.807) is 8.83 Å². The summed E-state index contributed by atoms with van der Waals surface area (Å²) in [5, 5.41) is 0. The van der Waals surface area contributed by atoms with E-state index in [1.807, 2.05) is 0 Å². The van der Waals surface area contributed by atoms with Crippen LogP contribution in [-0.2, 0) is 6.54 Å². The van der Waals surface area contributed by atoms with E-state index in [0.29, 0.717) is 14.5 Å². The largest absolute Gasteiger partial charge is 1.00 e. The number of benzene rings is 1. The monoisotopic (exact) mass is 479 g/mol. The van der Waals surface area contributed by atoms with E-state index in [9.17, 15) is 0 Å². The summed E-state index contributed by atoms with van der Waals surface area (Å²) in [7, 11) is 0. The Balaban J connectivity index is 0.00000242. The first kappa shape index (κ1) is 20.2. The molecule has 0 N–H and O–H groups in total. The summed E-state index contributed by atoms with van der Waals surface area (Å²) >= 11 is 0.565. The van der Waals surface area contributed by atoms with Crippen LogP contribution in [0.25, 0.3) is 9.78 Å². The quantitative estimate of drug-likeness (QED) is 0.213. The van der Waals surface area contributed by atoms with Crippen molar-refractivity contribution in [1.82, 2.24) is 0 Å². The zero-order chi connectivity index (χ0) is 14.9. The second kappa shape index (κ2) is 11.6. The molecule has 0 aliphatic carbocycles. The van der Waals surface area contributed by atoms with Crippen molar-refractivity contribution in [2.24, 2.45) is 0 Å². The van der Waals surface area contributed by atoms with Gasteiger partial charge in [-0.15, -0.1) is 0 Å². The Morgan fingerprint density at radius 2 is 1.45 bits per heavy atom. The van der Waals surface area contributed by atoms with Crippen molar-refractivity contribution in [1.29, 1.82) is 0 Å². The van der Waals surface area contributed by atoms with Crippen LogP contribution in [0, 0.1) is 6.92 Å². The van der Waals surface area contributed by atoms with E-state index in [1.165, 1.54) is 69.8 Å². The van der Waals surface area contributed by atoms with E-state index >= 15 is 0 Å². The fraction of sp³-hybridized carbons (Fsp3) is 0.632. The van der Waals surface area contributed by atoms with Crippen molar-refractivity contribution in [3.8, 4) is 0 Å². The first-order valence-electron chi connectivity index (χ1n) is 8.71. The zero-order valence-electron chi connectivity index (χ0n) is 14.1.